The Hall–Kier alpha value is -2.44. The summed E-state index contributed by atoms with van der Waals surface area (Å²) in [5.41, 5.74) is 1.34. The molecule has 0 saturated heterocycles. The summed E-state index contributed by atoms with van der Waals surface area (Å²) >= 11 is 7.92. The van der Waals surface area contributed by atoms with Crippen LogP contribution in [-0.4, -0.2) is 32.4 Å². The summed E-state index contributed by atoms with van der Waals surface area (Å²) in [4.78, 5) is 24.9. The predicted octanol–water partition coefficient (Wildman–Crippen LogP) is 5.34. The maximum atomic E-state index is 12.5. The normalized spacial score (nSPS) is 18.5. The summed E-state index contributed by atoms with van der Waals surface area (Å²) in [7, 11) is 2.94. The first-order chi connectivity index (χ1) is 14.5. The molecule has 158 valence electrons. The van der Waals surface area contributed by atoms with E-state index in [1.54, 1.807) is 6.07 Å². The first kappa shape index (κ1) is 22.2. The third-order valence-corrected chi connectivity index (χ3v) is 6.41. The van der Waals surface area contributed by atoms with Crippen LogP contribution in [0.3, 0.4) is 0 Å². The van der Waals surface area contributed by atoms with Gasteiger partial charge >= 0.3 is 0 Å². The fraction of sp³-hybridized carbons (Fsp3) is 0.304. The van der Waals surface area contributed by atoms with Crippen molar-refractivity contribution in [2.75, 3.05) is 14.2 Å². The predicted molar refractivity (Wildman–Crippen MR) is 119 cm³/mol. The van der Waals surface area contributed by atoms with E-state index in [-0.39, 0.29) is 28.0 Å². The number of carbonyl (C=O) groups is 2. The van der Waals surface area contributed by atoms with Gasteiger partial charge in [-0.15, -0.1) is 11.8 Å². The number of ketones is 1. The van der Waals surface area contributed by atoms with Gasteiger partial charge in [0.15, 0.2) is 17.8 Å². The minimum atomic E-state index is -0.422. The molecular formula is C23H23ClO5S. The molecule has 1 unspecified atom stereocenters. The quantitative estimate of drug-likeness (QED) is 0.510. The summed E-state index contributed by atoms with van der Waals surface area (Å²) < 4.78 is 16.8. The first-order valence-electron chi connectivity index (χ1n) is 9.46. The van der Waals surface area contributed by atoms with E-state index in [0.717, 1.165) is 5.56 Å². The summed E-state index contributed by atoms with van der Waals surface area (Å²) in [5, 5.41) is 0.191. The molecule has 0 aromatic heterocycles. The van der Waals surface area contributed by atoms with Crippen LogP contribution in [0.5, 0.6) is 17.2 Å². The largest absolute Gasteiger partial charge is 0.496 e. The van der Waals surface area contributed by atoms with Crippen LogP contribution in [0.15, 0.2) is 47.4 Å². The zero-order valence-corrected chi connectivity index (χ0v) is 18.6. The Balaban J connectivity index is 1.90. The SMILES string of the molecule is COc1cc(OC)c(C=O)c(OC2C=C(SCc3ccccc3)C(=O)C[C@H]2C)c1Cl. The van der Waals surface area contributed by atoms with E-state index in [4.69, 9.17) is 25.8 Å². The molecule has 0 spiro atoms. The van der Waals surface area contributed by atoms with Gasteiger partial charge < -0.3 is 14.2 Å². The number of Topliss-reactive ketones (excluding diaryl/α,β-unsaturated/α-hetero) is 1. The van der Waals surface area contributed by atoms with Gasteiger partial charge in [-0.1, -0.05) is 48.9 Å². The van der Waals surface area contributed by atoms with Crippen LogP contribution in [-0.2, 0) is 10.5 Å². The molecule has 5 nitrogen and oxygen atoms in total. The van der Waals surface area contributed by atoms with E-state index in [1.807, 2.05) is 43.3 Å². The van der Waals surface area contributed by atoms with Gasteiger partial charge in [0, 0.05) is 24.2 Å². The monoisotopic (exact) mass is 446 g/mol. The topological polar surface area (TPSA) is 61.8 Å². The number of methoxy groups -OCH3 is 2. The standard InChI is InChI=1S/C23H23ClO5S/c1-14-9-17(26)21(30-13-15-7-5-4-6-8-15)11-18(14)29-23-16(12-25)19(27-2)10-20(28-3)22(23)24/h4-8,10-12,14,18H,9,13H2,1-3H3/t14-,18?/m1/s1. The Labute approximate surface area is 185 Å². The van der Waals surface area contributed by atoms with Gasteiger partial charge in [-0.05, 0) is 11.6 Å². The van der Waals surface area contributed by atoms with Gasteiger partial charge in [-0.25, -0.2) is 0 Å². The second-order valence-electron chi connectivity index (χ2n) is 6.95. The summed E-state index contributed by atoms with van der Waals surface area (Å²) in [6.45, 7) is 1.93. The number of thioether (sulfide) groups is 1. The van der Waals surface area contributed by atoms with Crippen LogP contribution in [0.1, 0.15) is 29.3 Å². The Morgan fingerprint density at radius 2 is 1.87 bits per heavy atom. The number of rotatable bonds is 8. The summed E-state index contributed by atoms with van der Waals surface area (Å²) in [6, 6.07) is 11.5. The number of allylic oxidation sites excluding steroid dienone is 1. The molecule has 0 bridgehead atoms. The van der Waals surface area contributed by atoms with E-state index in [1.165, 1.54) is 26.0 Å². The van der Waals surface area contributed by atoms with Gasteiger partial charge in [0.2, 0.25) is 0 Å². The third kappa shape index (κ3) is 4.82. The minimum absolute atomic E-state index is 0.0775. The molecule has 0 N–H and O–H groups in total. The highest BCUT2D eigenvalue weighted by Gasteiger charge is 2.31. The minimum Gasteiger partial charge on any atom is -0.496 e. The molecule has 7 heteroatoms. The van der Waals surface area contributed by atoms with E-state index in [2.05, 4.69) is 0 Å². The Morgan fingerprint density at radius 1 is 1.17 bits per heavy atom. The average molecular weight is 447 g/mol. The van der Waals surface area contributed by atoms with Crippen molar-refractivity contribution in [2.24, 2.45) is 5.92 Å². The van der Waals surface area contributed by atoms with Crippen molar-refractivity contribution in [3.05, 3.63) is 63.5 Å². The molecule has 0 aliphatic heterocycles. The van der Waals surface area contributed by atoms with Crippen LogP contribution in [0.4, 0.5) is 0 Å². The zero-order valence-electron chi connectivity index (χ0n) is 17.0. The number of ether oxygens (including phenoxy) is 3. The molecule has 0 fully saturated rings. The van der Waals surface area contributed by atoms with Gasteiger partial charge in [0.05, 0.1) is 19.1 Å². The molecular weight excluding hydrogens is 424 g/mol. The van der Waals surface area contributed by atoms with Gasteiger partial charge in [-0.2, -0.15) is 0 Å². The lowest BCUT2D eigenvalue weighted by Gasteiger charge is -2.28. The van der Waals surface area contributed by atoms with Crippen LogP contribution >= 0.6 is 23.4 Å². The number of hydrogen-bond donors (Lipinski definition) is 0. The molecule has 0 radical (unpaired) electrons. The Bertz CT molecular complexity index is 958. The number of carbonyl (C=O) groups excluding carboxylic acids is 2. The maximum absolute atomic E-state index is 12.5. The van der Waals surface area contributed by atoms with E-state index in [9.17, 15) is 9.59 Å². The van der Waals surface area contributed by atoms with Crippen LogP contribution in [0.2, 0.25) is 5.02 Å². The highest BCUT2D eigenvalue weighted by Crippen LogP contribution is 2.43. The highest BCUT2D eigenvalue weighted by atomic mass is 35.5. The molecule has 1 aliphatic carbocycles. The summed E-state index contributed by atoms with van der Waals surface area (Å²) in [6.07, 6.45) is 2.40. The fourth-order valence-electron chi connectivity index (χ4n) is 3.21. The van der Waals surface area contributed by atoms with Gasteiger partial charge in [-0.3, -0.25) is 9.59 Å². The number of halogens is 1. The molecule has 0 heterocycles. The van der Waals surface area contributed by atoms with Gasteiger partial charge in [0.1, 0.15) is 28.2 Å². The molecule has 2 atom stereocenters. The third-order valence-electron chi connectivity index (χ3n) is 4.90. The van der Waals surface area contributed by atoms with E-state index in [0.29, 0.717) is 34.9 Å². The van der Waals surface area contributed by atoms with Crippen molar-refractivity contribution in [1.82, 2.24) is 0 Å². The molecule has 1 aliphatic rings. The Morgan fingerprint density at radius 3 is 2.50 bits per heavy atom. The molecule has 0 saturated carbocycles. The molecule has 2 aromatic carbocycles. The Kier molecular flexibility index (Phi) is 7.45. The van der Waals surface area contributed by atoms with Crippen molar-refractivity contribution in [3.63, 3.8) is 0 Å². The molecule has 30 heavy (non-hydrogen) atoms. The molecule has 3 rings (SSSR count). The average Bonchev–Trinajstić information content (AvgIpc) is 2.76. The van der Waals surface area contributed by atoms with Crippen molar-refractivity contribution >= 4 is 35.4 Å². The summed E-state index contributed by atoms with van der Waals surface area (Å²) in [5.74, 6) is 1.55. The lowest BCUT2D eigenvalue weighted by molar-refractivity contribution is -0.116. The number of benzene rings is 2. The second-order valence-corrected chi connectivity index (χ2v) is 8.34. The van der Waals surface area contributed by atoms with Crippen molar-refractivity contribution < 1.29 is 23.8 Å². The second kappa shape index (κ2) is 10.0. The van der Waals surface area contributed by atoms with Gasteiger partial charge in [0.25, 0.3) is 0 Å². The van der Waals surface area contributed by atoms with Crippen LogP contribution < -0.4 is 14.2 Å². The van der Waals surface area contributed by atoms with Crippen molar-refractivity contribution in [3.8, 4) is 17.2 Å². The zero-order chi connectivity index (χ0) is 21.7. The maximum Gasteiger partial charge on any atom is 0.169 e. The number of hydrogen-bond acceptors (Lipinski definition) is 6. The van der Waals surface area contributed by atoms with Crippen LogP contribution in [0, 0.1) is 5.92 Å². The molecule has 2 aromatic rings. The lowest BCUT2D eigenvalue weighted by Crippen LogP contribution is -2.30. The lowest BCUT2D eigenvalue weighted by atomic mass is 9.92. The smallest absolute Gasteiger partial charge is 0.169 e. The highest BCUT2D eigenvalue weighted by molar-refractivity contribution is 8.03. The van der Waals surface area contributed by atoms with Crippen molar-refractivity contribution in [2.45, 2.75) is 25.2 Å². The van der Waals surface area contributed by atoms with E-state index < -0.39 is 6.10 Å². The van der Waals surface area contributed by atoms with E-state index >= 15 is 0 Å². The first-order valence-corrected chi connectivity index (χ1v) is 10.8. The number of aldehydes is 1. The fourth-order valence-corrected chi connectivity index (χ4v) is 4.48. The van der Waals surface area contributed by atoms with Crippen LogP contribution in [0.25, 0.3) is 0 Å². The molecule has 0 amide bonds. The van der Waals surface area contributed by atoms with Crippen molar-refractivity contribution in [1.29, 1.82) is 0 Å².